The van der Waals surface area contributed by atoms with Gasteiger partial charge in [-0.3, -0.25) is 4.79 Å². The predicted octanol–water partition coefficient (Wildman–Crippen LogP) is 2.68. The van der Waals surface area contributed by atoms with Crippen molar-refractivity contribution >= 4 is 11.9 Å². The first kappa shape index (κ1) is 16.3. The number of amides is 1. The fourth-order valence-corrected chi connectivity index (χ4v) is 2.65. The van der Waals surface area contributed by atoms with Gasteiger partial charge in [0.1, 0.15) is 17.3 Å². The summed E-state index contributed by atoms with van der Waals surface area (Å²) in [5, 5.41) is 2.60. The second-order valence-electron chi connectivity index (χ2n) is 5.71. The molecule has 5 nitrogen and oxygen atoms in total. The smallest absolute Gasteiger partial charge is 0.270 e. The van der Waals surface area contributed by atoms with Crippen LogP contribution in [0.4, 0.5) is 14.7 Å². The van der Waals surface area contributed by atoms with Gasteiger partial charge < -0.3 is 10.2 Å². The topological polar surface area (TPSA) is 58.1 Å². The number of carbonyl (C=O) groups is 1. The molecular weight excluding hydrogens is 314 g/mol. The molecule has 126 valence electrons. The Balaban J connectivity index is 1.66. The van der Waals surface area contributed by atoms with E-state index in [1.807, 2.05) is 0 Å². The van der Waals surface area contributed by atoms with Crippen molar-refractivity contribution in [3.05, 3.63) is 53.4 Å². The molecule has 0 bridgehead atoms. The largest absolute Gasteiger partial charge is 0.347 e. The number of nitrogens with one attached hydrogen (secondary N) is 1. The predicted molar refractivity (Wildman–Crippen MR) is 85.6 cm³/mol. The molecule has 0 radical (unpaired) electrons. The molecule has 1 aromatic carbocycles. The van der Waals surface area contributed by atoms with E-state index in [1.165, 1.54) is 18.6 Å². The standard InChI is InChI=1S/C17H18F2N4O/c18-13-5-4-12(14(19)10-13)11-21-16(24)15-6-7-20-17(22-15)23-8-2-1-3-9-23/h4-7,10H,1-3,8-9,11H2,(H,21,24). The SMILES string of the molecule is O=C(NCc1ccc(F)cc1F)c1ccnc(N2CCCCC2)n1. The van der Waals surface area contributed by atoms with Gasteiger partial charge >= 0.3 is 0 Å². The third kappa shape index (κ3) is 3.84. The minimum Gasteiger partial charge on any atom is -0.347 e. The molecule has 2 aromatic rings. The first-order valence-electron chi connectivity index (χ1n) is 7.93. The number of hydrogen-bond donors (Lipinski definition) is 1. The minimum absolute atomic E-state index is 0.0337. The summed E-state index contributed by atoms with van der Waals surface area (Å²) in [6.45, 7) is 1.73. The second-order valence-corrected chi connectivity index (χ2v) is 5.71. The van der Waals surface area contributed by atoms with Crippen molar-refractivity contribution in [1.82, 2.24) is 15.3 Å². The molecule has 1 aromatic heterocycles. The molecule has 0 saturated carbocycles. The Morgan fingerprint density at radius 2 is 1.96 bits per heavy atom. The van der Waals surface area contributed by atoms with E-state index in [0.717, 1.165) is 38.1 Å². The number of halogens is 2. The van der Waals surface area contributed by atoms with Gasteiger partial charge in [-0.2, -0.15) is 0 Å². The summed E-state index contributed by atoms with van der Waals surface area (Å²) in [6, 6.07) is 4.78. The van der Waals surface area contributed by atoms with Crippen molar-refractivity contribution in [3.8, 4) is 0 Å². The molecule has 3 rings (SSSR count). The number of benzene rings is 1. The number of hydrogen-bond acceptors (Lipinski definition) is 4. The van der Waals surface area contributed by atoms with E-state index < -0.39 is 17.5 Å². The maximum absolute atomic E-state index is 13.6. The van der Waals surface area contributed by atoms with Crippen molar-refractivity contribution in [2.24, 2.45) is 0 Å². The molecular formula is C17H18F2N4O. The average Bonchev–Trinajstić information content (AvgIpc) is 2.61. The van der Waals surface area contributed by atoms with Gasteiger partial charge in [0.05, 0.1) is 0 Å². The summed E-state index contributed by atoms with van der Waals surface area (Å²) in [4.78, 5) is 22.8. The zero-order valence-electron chi connectivity index (χ0n) is 13.1. The number of rotatable bonds is 4. The lowest BCUT2D eigenvalue weighted by molar-refractivity contribution is 0.0945. The summed E-state index contributed by atoms with van der Waals surface area (Å²) in [5.41, 5.74) is 0.447. The molecule has 1 N–H and O–H groups in total. The Hall–Kier alpha value is -2.57. The Morgan fingerprint density at radius 3 is 2.71 bits per heavy atom. The average molecular weight is 332 g/mol. The molecule has 1 saturated heterocycles. The number of anilines is 1. The summed E-state index contributed by atoms with van der Waals surface area (Å²) < 4.78 is 26.5. The van der Waals surface area contributed by atoms with Gasteiger partial charge in [-0.15, -0.1) is 0 Å². The van der Waals surface area contributed by atoms with Crippen LogP contribution in [-0.2, 0) is 6.54 Å². The number of aromatic nitrogens is 2. The highest BCUT2D eigenvalue weighted by molar-refractivity contribution is 5.92. The van der Waals surface area contributed by atoms with Crippen LogP contribution in [0.5, 0.6) is 0 Å². The third-order valence-electron chi connectivity index (χ3n) is 3.97. The lowest BCUT2D eigenvalue weighted by Gasteiger charge is -2.26. The van der Waals surface area contributed by atoms with E-state index in [-0.39, 0.29) is 17.8 Å². The zero-order chi connectivity index (χ0) is 16.9. The molecule has 1 aliphatic heterocycles. The zero-order valence-corrected chi connectivity index (χ0v) is 13.1. The summed E-state index contributed by atoms with van der Waals surface area (Å²) in [7, 11) is 0. The second kappa shape index (κ2) is 7.33. The van der Waals surface area contributed by atoms with Gasteiger partial charge in [-0.25, -0.2) is 18.7 Å². The fourth-order valence-electron chi connectivity index (χ4n) is 2.65. The van der Waals surface area contributed by atoms with Crippen LogP contribution in [0.25, 0.3) is 0 Å². The maximum atomic E-state index is 13.6. The first-order chi connectivity index (χ1) is 11.6. The first-order valence-corrected chi connectivity index (χ1v) is 7.93. The summed E-state index contributed by atoms with van der Waals surface area (Å²) in [5.74, 6) is -1.22. The van der Waals surface area contributed by atoms with E-state index in [2.05, 4.69) is 20.2 Å². The van der Waals surface area contributed by atoms with Crippen molar-refractivity contribution < 1.29 is 13.6 Å². The summed E-state index contributed by atoms with van der Waals surface area (Å²) in [6.07, 6.45) is 4.91. The van der Waals surface area contributed by atoms with E-state index in [0.29, 0.717) is 5.95 Å². The van der Waals surface area contributed by atoms with E-state index in [1.54, 1.807) is 6.20 Å². The normalized spacial score (nSPS) is 14.5. The van der Waals surface area contributed by atoms with Crippen LogP contribution >= 0.6 is 0 Å². The van der Waals surface area contributed by atoms with Gasteiger partial charge in [0.25, 0.3) is 5.91 Å². The molecule has 0 atom stereocenters. The van der Waals surface area contributed by atoms with Crippen LogP contribution in [-0.4, -0.2) is 29.0 Å². The Morgan fingerprint density at radius 1 is 1.17 bits per heavy atom. The molecule has 0 spiro atoms. The van der Waals surface area contributed by atoms with Crippen LogP contribution in [0.3, 0.4) is 0 Å². The Labute approximate surface area is 138 Å². The number of piperidine rings is 1. The number of nitrogens with zero attached hydrogens (tertiary/aromatic N) is 3. The third-order valence-corrected chi connectivity index (χ3v) is 3.97. The molecule has 7 heteroatoms. The summed E-state index contributed by atoms with van der Waals surface area (Å²) >= 11 is 0. The fraction of sp³-hybridized carbons (Fsp3) is 0.353. The lowest BCUT2D eigenvalue weighted by Crippen LogP contribution is -2.32. The van der Waals surface area contributed by atoms with Gasteiger partial charge in [0, 0.05) is 37.5 Å². The molecule has 2 heterocycles. The van der Waals surface area contributed by atoms with Gasteiger partial charge in [0.15, 0.2) is 0 Å². The van der Waals surface area contributed by atoms with E-state index >= 15 is 0 Å². The Kier molecular flexibility index (Phi) is 4.98. The van der Waals surface area contributed by atoms with Gasteiger partial charge in [-0.1, -0.05) is 6.07 Å². The molecule has 1 aliphatic rings. The van der Waals surface area contributed by atoms with Crippen LogP contribution in [0, 0.1) is 11.6 Å². The maximum Gasteiger partial charge on any atom is 0.270 e. The lowest BCUT2D eigenvalue weighted by atomic mass is 10.1. The van der Waals surface area contributed by atoms with Gasteiger partial charge in [-0.05, 0) is 31.4 Å². The van der Waals surface area contributed by atoms with E-state index in [4.69, 9.17) is 0 Å². The van der Waals surface area contributed by atoms with Crippen LogP contribution < -0.4 is 10.2 Å². The molecule has 0 unspecified atom stereocenters. The van der Waals surface area contributed by atoms with Crippen LogP contribution in [0.1, 0.15) is 35.3 Å². The molecule has 1 amide bonds. The molecule has 1 fully saturated rings. The van der Waals surface area contributed by atoms with Crippen molar-refractivity contribution in [2.75, 3.05) is 18.0 Å². The Bertz CT molecular complexity index is 732. The van der Waals surface area contributed by atoms with Gasteiger partial charge in [0.2, 0.25) is 5.95 Å². The highest BCUT2D eigenvalue weighted by Crippen LogP contribution is 2.15. The monoisotopic (exact) mass is 332 g/mol. The molecule has 0 aliphatic carbocycles. The quantitative estimate of drug-likeness (QED) is 0.935. The highest BCUT2D eigenvalue weighted by Gasteiger charge is 2.16. The number of carbonyl (C=O) groups excluding carboxylic acids is 1. The van der Waals surface area contributed by atoms with Crippen molar-refractivity contribution in [1.29, 1.82) is 0 Å². The van der Waals surface area contributed by atoms with E-state index in [9.17, 15) is 13.6 Å². The highest BCUT2D eigenvalue weighted by atomic mass is 19.1. The van der Waals surface area contributed by atoms with Crippen molar-refractivity contribution in [2.45, 2.75) is 25.8 Å². The van der Waals surface area contributed by atoms with Crippen molar-refractivity contribution in [3.63, 3.8) is 0 Å². The molecule has 24 heavy (non-hydrogen) atoms. The van der Waals surface area contributed by atoms with Crippen LogP contribution in [0.2, 0.25) is 0 Å². The van der Waals surface area contributed by atoms with Crippen LogP contribution in [0.15, 0.2) is 30.5 Å². The minimum atomic E-state index is -0.688.